The summed E-state index contributed by atoms with van der Waals surface area (Å²) in [5, 5.41) is 14.8. The lowest BCUT2D eigenvalue weighted by molar-refractivity contribution is -0.159. The van der Waals surface area contributed by atoms with Gasteiger partial charge in [0.1, 0.15) is 11.6 Å². The van der Waals surface area contributed by atoms with Crippen LogP contribution in [-0.4, -0.2) is 73.6 Å². The third-order valence-corrected chi connectivity index (χ3v) is 6.08. The largest absolute Gasteiger partial charge is 0.473 e. The highest BCUT2D eigenvalue weighted by atomic mass is 16.4. The van der Waals surface area contributed by atoms with Gasteiger partial charge in [0.15, 0.2) is 0 Å². The molecule has 1 amide bonds. The lowest BCUT2D eigenvalue weighted by atomic mass is 10.2. The standard InChI is InChI=1S/C26H26N4O2.C2H2O4/c31-26(13-12-22-9-6-18-32-22)29-16-14-28(15-17-29)20-25-27-23-10-4-5-11-24(23)30(25)19-21-7-2-1-3-8-21;3-1(4)2(5)6/h1-13,18H,14-17,19-20H2;(H,3,4)(H,5,6). The molecule has 38 heavy (non-hydrogen) atoms. The number of aliphatic carboxylic acids is 2. The molecule has 0 bridgehead atoms. The van der Waals surface area contributed by atoms with Crippen molar-refractivity contribution in [1.82, 2.24) is 19.4 Å². The molecule has 0 atom stereocenters. The number of hydrogen-bond donors (Lipinski definition) is 2. The molecule has 1 aliphatic heterocycles. The monoisotopic (exact) mass is 516 g/mol. The van der Waals surface area contributed by atoms with Crippen LogP contribution in [0.25, 0.3) is 17.1 Å². The number of furan rings is 1. The van der Waals surface area contributed by atoms with Crippen molar-refractivity contribution in [1.29, 1.82) is 0 Å². The summed E-state index contributed by atoms with van der Waals surface area (Å²) in [4.78, 5) is 39.9. The minimum Gasteiger partial charge on any atom is -0.473 e. The van der Waals surface area contributed by atoms with Gasteiger partial charge < -0.3 is 24.1 Å². The highest BCUT2D eigenvalue weighted by Crippen LogP contribution is 2.20. The lowest BCUT2D eigenvalue weighted by Crippen LogP contribution is -2.48. The number of fused-ring (bicyclic) bond motifs is 1. The van der Waals surface area contributed by atoms with Crippen molar-refractivity contribution in [2.45, 2.75) is 13.1 Å². The van der Waals surface area contributed by atoms with E-state index in [-0.39, 0.29) is 5.91 Å². The van der Waals surface area contributed by atoms with Crippen molar-refractivity contribution >= 4 is 35.0 Å². The summed E-state index contributed by atoms with van der Waals surface area (Å²) in [5.74, 6) is -1.87. The predicted molar refractivity (Wildman–Crippen MR) is 140 cm³/mol. The fourth-order valence-corrected chi connectivity index (χ4v) is 4.16. The van der Waals surface area contributed by atoms with Gasteiger partial charge >= 0.3 is 11.9 Å². The van der Waals surface area contributed by atoms with Gasteiger partial charge in [0.25, 0.3) is 0 Å². The van der Waals surface area contributed by atoms with Gasteiger partial charge in [0.05, 0.1) is 23.8 Å². The summed E-state index contributed by atoms with van der Waals surface area (Å²) < 4.78 is 7.57. The Morgan fingerprint density at radius 1 is 0.842 bits per heavy atom. The Kier molecular flexibility index (Phi) is 8.68. The first-order chi connectivity index (χ1) is 18.4. The van der Waals surface area contributed by atoms with E-state index >= 15 is 0 Å². The molecule has 0 spiro atoms. The van der Waals surface area contributed by atoms with E-state index in [2.05, 4.69) is 51.9 Å². The molecular weight excluding hydrogens is 488 g/mol. The van der Waals surface area contributed by atoms with Gasteiger partial charge in [-0.2, -0.15) is 0 Å². The number of rotatable bonds is 6. The van der Waals surface area contributed by atoms with E-state index in [1.54, 1.807) is 18.4 Å². The highest BCUT2D eigenvalue weighted by molar-refractivity contribution is 6.27. The third kappa shape index (κ3) is 6.95. The summed E-state index contributed by atoms with van der Waals surface area (Å²) in [6.45, 7) is 4.64. The summed E-state index contributed by atoms with van der Waals surface area (Å²) in [6.07, 6.45) is 4.92. The van der Waals surface area contributed by atoms with Crippen LogP contribution < -0.4 is 0 Å². The van der Waals surface area contributed by atoms with Crippen LogP contribution in [0.15, 0.2) is 83.5 Å². The van der Waals surface area contributed by atoms with Gasteiger partial charge in [-0.25, -0.2) is 14.6 Å². The topological polar surface area (TPSA) is 129 Å². The van der Waals surface area contributed by atoms with E-state index in [1.807, 2.05) is 29.2 Å². The van der Waals surface area contributed by atoms with Crippen LogP contribution in [-0.2, 0) is 27.5 Å². The zero-order chi connectivity index (χ0) is 26.9. The molecule has 10 nitrogen and oxygen atoms in total. The Morgan fingerprint density at radius 3 is 2.18 bits per heavy atom. The molecular formula is C28H28N4O6. The molecule has 196 valence electrons. The number of carbonyl (C=O) groups is 3. The molecule has 4 aromatic rings. The van der Waals surface area contributed by atoms with Crippen molar-refractivity contribution in [3.63, 3.8) is 0 Å². The number of carbonyl (C=O) groups excluding carboxylic acids is 1. The third-order valence-electron chi connectivity index (χ3n) is 6.08. The lowest BCUT2D eigenvalue weighted by Gasteiger charge is -2.34. The van der Waals surface area contributed by atoms with Gasteiger partial charge in [-0.1, -0.05) is 42.5 Å². The first-order valence-electron chi connectivity index (χ1n) is 12.1. The molecule has 0 saturated carbocycles. The number of nitrogens with zero attached hydrogens (tertiary/aromatic N) is 4. The van der Waals surface area contributed by atoms with Crippen LogP contribution in [0, 0.1) is 0 Å². The van der Waals surface area contributed by atoms with Crippen LogP contribution in [0.2, 0.25) is 0 Å². The Bertz CT molecular complexity index is 1390. The zero-order valence-electron chi connectivity index (χ0n) is 20.6. The normalized spacial score (nSPS) is 13.8. The van der Waals surface area contributed by atoms with Gasteiger partial charge in [0.2, 0.25) is 5.91 Å². The molecule has 0 aliphatic carbocycles. The van der Waals surface area contributed by atoms with Gasteiger partial charge in [-0.3, -0.25) is 9.69 Å². The number of hydrogen-bond acceptors (Lipinski definition) is 6. The number of piperazine rings is 1. The first-order valence-corrected chi connectivity index (χ1v) is 12.1. The maximum atomic E-state index is 12.5. The smallest absolute Gasteiger partial charge is 0.414 e. The van der Waals surface area contributed by atoms with E-state index in [0.717, 1.165) is 43.0 Å². The van der Waals surface area contributed by atoms with Gasteiger partial charge in [-0.05, 0) is 35.9 Å². The van der Waals surface area contributed by atoms with Crippen LogP contribution >= 0.6 is 0 Å². The summed E-state index contributed by atoms with van der Waals surface area (Å²) in [5.41, 5.74) is 3.44. The molecule has 3 heterocycles. The van der Waals surface area contributed by atoms with Gasteiger partial charge in [0, 0.05) is 38.8 Å². The van der Waals surface area contributed by atoms with Crippen molar-refractivity contribution in [3.05, 3.63) is 96.2 Å². The number of carboxylic acids is 2. The number of aromatic nitrogens is 2. The number of amides is 1. The Labute approximate surface area is 219 Å². The second-order valence-corrected chi connectivity index (χ2v) is 8.65. The van der Waals surface area contributed by atoms with E-state index < -0.39 is 11.9 Å². The fraction of sp³-hybridized carbons (Fsp3) is 0.214. The molecule has 1 fully saturated rings. The summed E-state index contributed by atoms with van der Waals surface area (Å²) >= 11 is 0. The Balaban J connectivity index is 0.000000505. The van der Waals surface area contributed by atoms with Crippen molar-refractivity contribution in [2.24, 2.45) is 0 Å². The van der Waals surface area contributed by atoms with E-state index in [0.29, 0.717) is 18.8 Å². The molecule has 5 rings (SSSR count). The van der Waals surface area contributed by atoms with Gasteiger partial charge in [-0.15, -0.1) is 0 Å². The fourth-order valence-electron chi connectivity index (χ4n) is 4.16. The SMILES string of the molecule is O=C(C=Cc1ccco1)N1CCN(Cc2nc3ccccc3n2Cc2ccccc2)CC1.O=C(O)C(=O)O. The quantitative estimate of drug-likeness (QED) is 0.295. The van der Waals surface area contributed by atoms with Crippen molar-refractivity contribution < 1.29 is 29.0 Å². The zero-order valence-corrected chi connectivity index (χ0v) is 20.6. The maximum Gasteiger partial charge on any atom is 0.414 e. The summed E-state index contributed by atoms with van der Waals surface area (Å²) in [7, 11) is 0. The highest BCUT2D eigenvalue weighted by Gasteiger charge is 2.22. The minimum absolute atomic E-state index is 0.0253. The molecule has 1 saturated heterocycles. The average Bonchev–Trinajstić information content (AvgIpc) is 3.57. The number of benzene rings is 2. The minimum atomic E-state index is -1.82. The van der Waals surface area contributed by atoms with Crippen LogP contribution in [0.5, 0.6) is 0 Å². The Hall–Kier alpha value is -4.70. The molecule has 0 unspecified atom stereocenters. The second kappa shape index (κ2) is 12.5. The number of imidazole rings is 1. The molecule has 0 radical (unpaired) electrons. The Morgan fingerprint density at radius 2 is 1.53 bits per heavy atom. The predicted octanol–water partition coefficient (Wildman–Crippen LogP) is 3.19. The number of carboxylic acid groups (broad SMARTS) is 2. The van der Waals surface area contributed by atoms with E-state index in [9.17, 15) is 4.79 Å². The summed E-state index contributed by atoms with van der Waals surface area (Å²) in [6, 6.07) is 22.5. The van der Waals surface area contributed by atoms with Crippen molar-refractivity contribution in [2.75, 3.05) is 26.2 Å². The van der Waals surface area contributed by atoms with E-state index in [1.165, 1.54) is 5.56 Å². The van der Waals surface area contributed by atoms with E-state index in [4.69, 9.17) is 29.2 Å². The van der Waals surface area contributed by atoms with Crippen molar-refractivity contribution in [3.8, 4) is 0 Å². The first kappa shape index (κ1) is 26.4. The molecule has 1 aliphatic rings. The van der Waals surface area contributed by atoms with Crippen LogP contribution in [0.1, 0.15) is 17.1 Å². The average molecular weight is 517 g/mol. The molecule has 2 aromatic heterocycles. The maximum absolute atomic E-state index is 12.5. The molecule has 10 heteroatoms. The molecule has 2 N–H and O–H groups in total. The van der Waals surface area contributed by atoms with Crippen LogP contribution in [0.3, 0.4) is 0 Å². The number of para-hydroxylation sites is 2. The van der Waals surface area contributed by atoms with Crippen LogP contribution in [0.4, 0.5) is 0 Å². The second-order valence-electron chi connectivity index (χ2n) is 8.65. The molecule has 2 aromatic carbocycles.